The molecule has 1 saturated heterocycles. The van der Waals surface area contributed by atoms with Crippen LogP contribution >= 0.6 is 0 Å². The van der Waals surface area contributed by atoms with Gasteiger partial charge >= 0.3 is 6.18 Å². The number of alkyl halides is 3. The molecule has 8 heteroatoms. The first-order valence-corrected chi connectivity index (χ1v) is 9.05. The number of likely N-dealkylation sites (N-methyl/N-ethyl adjacent to an activating group) is 1. The van der Waals surface area contributed by atoms with Gasteiger partial charge in [0.05, 0.1) is 5.41 Å². The number of hydrogen-bond acceptors (Lipinski definition) is 3. The summed E-state index contributed by atoms with van der Waals surface area (Å²) >= 11 is 0. The Morgan fingerprint density at radius 3 is 2.56 bits per heavy atom. The number of rotatable bonds is 3. The highest BCUT2D eigenvalue weighted by Crippen LogP contribution is 2.48. The summed E-state index contributed by atoms with van der Waals surface area (Å²) in [6.07, 6.45) is -3.28. The topological polar surface area (TPSA) is 52.7 Å². The molecule has 0 aromatic heterocycles. The van der Waals surface area contributed by atoms with Gasteiger partial charge in [-0.1, -0.05) is 12.1 Å². The van der Waals surface area contributed by atoms with Gasteiger partial charge < -0.3 is 15.1 Å². The summed E-state index contributed by atoms with van der Waals surface area (Å²) in [6, 6.07) is 3.60. The first kappa shape index (κ1) is 19.7. The van der Waals surface area contributed by atoms with E-state index in [1.165, 1.54) is 4.90 Å². The Hall–Kier alpha value is -2.09. The molecule has 2 heterocycles. The second kappa shape index (κ2) is 6.82. The molecule has 0 bridgehead atoms. The summed E-state index contributed by atoms with van der Waals surface area (Å²) in [5.74, 6) is -0.915. The molecule has 5 nitrogen and oxygen atoms in total. The molecule has 2 aliphatic heterocycles. The molecule has 1 fully saturated rings. The lowest BCUT2D eigenvalue weighted by Gasteiger charge is -2.34. The lowest BCUT2D eigenvalue weighted by atomic mass is 9.72. The van der Waals surface area contributed by atoms with E-state index in [9.17, 15) is 22.8 Å². The van der Waals surface area contributed by atoms with Gasteiger partial charge in [-0.3, -0.25) is 9.59 Å². The Kier molecular flexibility index (Phi) is 4.96. The maximum atomic E-state index is 13.3. The normalized spacial score (nSPS) is 19.9. The minimum atomic E-state index is -4.51. The van der Waals surface area contributed by atoms with Crippen molar-refractivity contribution in [1.29, 1.82) is 0 Å². The maximum Gasteiger partial charge on any atom is 0.408 e. The number of piperidine rings is 1. The highest BCUT2D eigenvalue weighted by atomic mass is 19.4. The molecule has 2 amide bonds. The smallest absolute Gasteiger partial charge is 0.332 e. The maximum absolute atomic E-state index is 13.3. The van der Waals surface area contributed by atoms with Crippen LogP contribution in [0.5, 0.6) is 0 Å². The van der Waals surface area contributed by atoms with Crippen LogP contribution < -0.4 is 10.2 Å². The number of hydrogen-bond donors (Lipinski definition) is 1. The minimum Gasteiger partial charge on any atom is -0.332 e. The van der Waals surface area contributed by atoms with Gasteiger partial charge in [0.1, 0.15) is 12.6 Å². The van der Waals surface area contributed by atoms with Crippen molar-refractivity contribution in [3.8, 4) is 0 Å². The second-order valence-corrected chi connectivity index (χ2v) is 7.41. The van der Waals surface area contributed by atoms with E-state index in [-0.39, 0.29) is 12.5 Å². The average molecular weight is 383 g/mol. The van der Waals surface area contributed by atoms with Crippen molar-refractivity contribution in [3.63, 3.8) is 0 Å². The summed E-state index contributed by atoms with van der Waals surface area (Å²) in [4.78, 5) is 27.9. The molecule has 1 N–H and O–H groups in total. The van der Waals surface area contributed by atoms with Crippen LogP contribution in [0.2, 0.25) is 0 Å². The van der Waals surface area contributed by atoms with Gasteiger partial charge in [-0.15, -0.1) is 0 Å². The monoisotopic (exact) mass is 383 g/mol. The number of amides is 2. The molecular formula is C19H24F3N3O2. The van der Waals surface area contributed by atoms with Crippen LogP contribution in [-0.4, -0.2) is 55.6 Å². The Morgan fingerprint density at radius 2 is 1.96 bits per heavy atom. The lowest BCUT2D eigenvalue weighted by Crippen LogP contribution is -2.51. The van der Waals surface area contributed by atoms with E-state index in [1.807, 2.05) is 13.0 Å². The number of anilines is 1. The van der Waals surface area contributed by atoms with Crippen molar-refractivity contribution in [2.45, 2.75) is 44.3 Å². The van der Waals surface area contributed by atoms with Gasteiger partial charge in [-0.05, 0) is 57.0 Å². The molecule has 1 unspecified atom stereocenters. The van der Waals surface area contributed by atoms with E-state index >= 15 is 0 Å². The van der Waals surface area contributed by atoms with E-state index in [1.54, 1.807) is 12.1 Å². The van der Waals surface area contributed by atoms with Crippen LogP contribution in [0, 0.1) is 6.92 Å². The number of fused-ring (bicyclic) bond motifs is 2. The van der Waals surface area contributed by atoms with Crippen LogP contribution in [0.3, 0.4) is 0 Å². The number of aryl methyl sites for hydroxylation is 1. The molecule has 2 aliphatic rings. The standard InChI is InChI=1S/C19H24F3N3O2/c1-12-5-4-6-14-16(12)18(7-9-23-10-8-18)17(27)25(14)11-15(26)24(3)13(2)19(20,21)22/h4-6,13,23H,7-11H2,1-3H3. The zero-order valence-corrected chi connectivity index (χ0v) is 15.7. The van der Waals surface area contributed by atoms with Crippen molar-refractivity contribution in [2.75, 3.05) is 31.6 Å². The Labute approximate surface area is 156 Å². The second-order valence-electron chi connectivity index (χ2n) is 7.41. The van der Waals surface area contributed by atoms with Gasteiger partial charge in [0.2, 0.25) is 11.8 Å². The van der Waals surface area contributed by atoms with Gasteiger partial charge in [0.15, 0.2) is 0 Å². The summed E-state index contributed by atoms with van der Waals surface area (Å²) in [6.45, 7) is 3.86. The van der Waals surface area contributed by atoms with Crippen molar-refractivity contribution in [1.82, 2.24) is 10.2 Å². The molecule has 1 atom stereocenters. The van der Waals surface area contributed by atoms with Crippen molar-refractivity contribution >= 4 is 17.5 Å². The van der Waals surface area contributed by atoms with Crippen molar-refractivity contribution in [2.24, 2.45) is 0 Å². The van der Waals surface area contributed by atoms with E-state index in [4.69, 9.17) is 0 Å². The molecule has 1 spiro atoms. The van der Waals surface area contributed by atoms with E-state index in [0.717, 1.165) is 25.1 Å². The summed E-state index contributed by atoms with van der Waals surface area (Å²) in [5.41, 5.74) is 1.83. The fraction of sp³-hybridized carbons (Fsp3) is 0.579. The van der Waals surface area contributed by atoms with Gasteiger partial charge in [0, 0.05) is 12.7 Å². The molecular weight excluding hydrogens is 359 g/mol. The van der Waals surface area contributed by atoms with Crippen LogP contribution in [0.15, 0.2) is 18.2 Å². The summed E-state index contributed by atoms with van der Waals surface area (Å²) < 4.78 is 38.8. The van der Waals surface area contributed by atoms with E-state index in [0.29, 0.717) is 36.5 Å². The fourth-order valence-corrected chi connectivity index (χ4v) is 4.13. The summed E-state index contributed by atoms with van der Waals surface area (Å²) in [7, 11) is 1.12. The molecule has 0 saturated carbocycles. The minimum absolute atomic E-state index is 0.185. The molecule has 148 valence electrons. The Bertz CT molecular complexity index is 757. The van der Waals surface area contributed by atoms with Crippen LogP contribution in [-0.2, 0) is 15.0 Å². The summed E-state index contributed by atoms with van der Waals surface area (Å²) in [5, 5.41) is 3.24. The van der Waals surface area contributed by atoms with Gasteiger partial charge in [0.25, 0.3) is 0 Å². The third-order valence-electron chi connectivity index (χ3n) is 5.87. The lowest BCUT2D eigenvalue weighted by molar-refractivity contribution is -0.181. The zero-order valence-electron chi connectivity index (χ0n) is 15.7. The number of carbonyl (C=O) groups excluding carboxylic acids is 2. The van der Waals surface area contributed by atoms with Crippen molar-refractivity contribution < 1.29 is 22.8 Å². The first-order chi connectivity index (χ1) is 12.6. The van der Waals surface area contributed by atoms with Crippen LogP contribution in [0.4, 0.5) is 18.9 Å². The number of nitrogens with zero attached hydrogens (tertiary/aromatic N) is 2. The number of nitrogens with one attached hydrogen (secondary N) is 1. The highest BCUT2D eigenvalue weighted by molar-refractivity contribution is 6.11. The molecule has 27 heavy (non-hydrogen) atoms. The number of benzene rings is 1. The zero-order chi connectivity index (χ0) is 20.0. The molecule has 1 aromatic rings. The Morgan fingerprint density at radius 1 is 1.33 bits per heavy atom. The number of halogens is 3. The Balaban J connectivity index is 1.92. The predicted molar refractivity (Wildman–Crippen MR) is 95.6 cm³/mol. The van der Waals surface area contributed by atoms with Gasteiger partial charge in [-0.2, -0.15) is 13.2 Å². The van der Waals surface area contributed by atoms with E-state index in [2.05, 4.69) is 5.32 Å². The van der Waals surface area contributed by atoms with Crippen LogP contribution in [0.25, 0.3) is 0 Å². The van der Waals surface area contributed by atoms with Gasteiger partial charge in [-0.25, -0.2) is 0 Å². The average Bonchev–Trinajstić information content (AvgIpc) is 2.84. The first-order valence-electron chi connectivity index (χ1n) is 9.05. The largest absolute Gasteiger partial charge is 0.408 e. The van der Waals surface area contributed by atoms with Crippen LogP contribution in [0.1, 0.15) is 30.9 Å². The molecule has 0 aliphatic carbocycles. The van der Waals surface area contributed by atoms with E-state index < -0.39 is 23.5 Å². The third kappa shape index (κ3) is 3.20. The molecule has 1 aromatic carbocycles. The highest BCUT2D eigenvalue weighted by Gasteiger charge is 2.52. The predicted octanol–water partition coefficient (Wildman–Crippen LogP) is 2.37. The van der Waals surface area contributed by atoms with Crippen molar-refractivity contribution in [3.05, 3.63) is 29.3 Å². The quantitative estimate of drug-likeness (QED) is 0.872. The molecule has 0 radical (unpaired) electrons. The molecule has 3 rings (SSSR count). The number of carbonyl (C=O) groups is 2. The fourth-order valence-electron chi connectivity index (χ4n) is 4.13. The SMILES string of the molecule is Cc1cccc2c1C1(CCNCC1)C(=O)N2CC(=O)N(C)C(C)C(F)(F)F. The third-order valence-corrected chi connectivity index (χ3v) is 5.87.